The standard InChI is InChI=1S/C12H17FN2O/c1-9-3-4-10(5-12(9)13)15-7-11(6-14-2)16-8-15/h3-5,11,14H,6-8H2,1-2H3/t11-/m1/s1. The van der Waals surface area contributed by atoms with Crippen LogP contribution in [0.1, 0.15) is 5.56 Å². The lowest BCUT2D eigenvalue weighted by molar-refractivity contribution is 0.117. The summed E-state index contributed by atoms with van der Waals surface area (Å²) in [5, 5.41) is 3.08. The molecule has 16 heavy (non-hydrogen) atoms. The highest BCUT2D eigenvalue weighted by atomic mass is 19.1. The largest absolute Gasteiger partial charge is 0.355 e. The molecule has 0 radical (unpaired) electrons. The van der Waals surface area contributed by atoms with E-state index in [1.165, 1.54) is 0 Å². The van der Waals surface area contributed by atoms with Gasteiger partial charge in [0.1, 0.15) is 12.5 Å². The Kier molecular flexibility index (Phi) is 3.41. The van der Waals surface area contributed by atoms with Crippen LogP contribution in [0.25, 0.3) is 0 Å². The van der Waals surface area contributed by atoms with E-state index in [1.54, 1.807) is 19.1 Å². The van der Waals surface area contributed by atoms with E-state index in [0.717, 1.165) is 18.8 Å². The van der Waals surface area contributed by atoms with Gasteiger partial charge < -0.3 is 15.0 Å². The first kappa shape index (κ1) is 11.4. The van der Waals surface area contributed by atoms with Gasteiger partial charge in [-0.1, -0.05) is 6.07 Å². The molecule has 1 saturated heterocycles. The van der Waals surface area contributed by atoms with Crippen LogP contribution in [0.3, 0.4) is 0 Å². The molecule has 0 aromatic heterocycles. The average molecular weight is 224 g/mol. The molecule has 88 valence electrons. The molecule has 1 N–H and O–H groups in total. The lowest BCUT2D eigenvalue weighted by atomic mass is 10.2. The van der Waals surface area contributed by atoms with Gasteiger partial charge in [-0.15, -0.1) is 0 Å². The summed E-state index contributed by atoms with van der Waals surface area (Å²) in [6.45, 7) is 3.94. The fraction of sp³-hybridized carbons (Fsp3) is 0.500. The van der Waals surface area contributed by atoms with E-state index in [4.69, 9.17) is 4.74 Å². The number of rotatable bonds is 3. The van der Waals surface area contributed by atoms with E-state index in [-0.39, 0.29) is 11.9 Å². The Hall–Kier alpha value is -1.13. The third-order valence-electron chi connectivity index (χ3n) is 2.84. The summed E-state index contributed by atoms with van der Waals surface area (Å²) in [4.78, 5) is 2.05. The number of halogens is 1. The van der Waals surface area contributed by atoms with Crippen molar-refractivity contribution in [3.05, 3.63) is 29.6 Å². The van der Waals surface area contributed by atoms with Crippen LogP contribution >= 0.6 is 0 Å². The topological polar surface area (TPSA) is 24.5 Å². The Morgan fingerprint density at radius 2 is 2.38 bits per heavy atom. The lowest BCUT2D eigenvalue weighted by Crippen LogP contribution is -2.28. The number of hydrogen-bond donors (Lipinski definition) is 1. The van der Waals surface area contributed by atoms with E-state index in [2.05, 4.69) is 5.32 Å². The summed E-state index contributed by atoms with van der Waals surface area (Å²) >= 11 is 0. The zero-order chi connectivity index (χ0) is 11.5. The third kappa shape index (κ3) is 2.33. The molecule has 1 fully saturated rings. The van der Waals surface area contributed by atoms with Gasteiger partial charge in [0, 0.05) is 18.8 Å². The maximum atomic E-state index is 13.4. The van der Waals surface area contributed by atoms with Gasteiger partial charge in [-0.05, 0) is 31.7 Å². The van der Waals surface area contributed by atoms with E-state index in [9.17, 15) is 4.39 Å². The second kappa shape index (κ2) is 4.80. The number of benzene rings is 1. The van der Waals surface area contributed by atoms with E-state index in [0.29, 0.717) is 12.3 Å². The Balaban J connectivity index is 2.05. The number of nitrogens with one attached hydrogen (secondary N) is 1. The molecule has 1 heterocycles. The number of hydrogen-bond acceptors (Lipinski definition) is 3. The maximum absolute atomic E-state index is 13.4. The SMILES string of the molecule is CNC[C@@H]1CN(c2ccc(C)c(F)c2)CO1. The molecule has 1 aliphatic rings. The maximum Gasteiger partial charge on any atom is 0.128 e. The highest BCUT2D eigenvalue weighted by Gasteiger charge is 2.22. The molecular weight excluding hydrogens is 207 g/mol. The summed E-state index contributed by atoms with van der Waals surface area (Å²) < 4.78 is 19.0. The molecule has 0 aliphatic carbocycles. The van der Waals surface area contributed by atoms with Crippen molar-refractivity contribution < 1.29 is 9.13 Å². The summed E-state index contributed by atoms with van der Waals surface area (Å²) in [6.07, 6.45) is 0.189. The van der Waals surface area contributed by atoms with Gasteiger partial charge in [0.2, 0.25) is 0 Å². The van der Waals surface area contributed by atoms with Gasteiger partial charge in [-0.25, -0.2) is 4.39 Å². The second-order valence-corrected chi connectivity index (χ2v) is 4.13. The Morgan fingerprint density at radius 1 is 1.56 bits per heavy atom. The Bertz CT molecular complexity index is 370. The minimum absolute atomic E-state index is 0.158. The third-order valence-corrected chi connectivity index (χ3v) is 2.84. The van der Waals surface area contributed by atoms with Crippen molar-refractivity contribution in [2.45, 2.75) is 13.0 Å². The molecule has 2 rings (SSSR count). The molecule has 0 amide bonds. The van der Waals surface area contributed by atoms with Gasteiger partial charge in [0.25, 0.3) is 0 Å². The van der Waals surface area contributed by atoms with Crippen LogP contribution < -0.4 is 10.2 Å². The van der Waals surface area contributed by atoms with Gasteiger partial charge in [-0.3, -0.25) is 0 Å². The molecule has 1 aromatic carbocycles. The number of anilines is 1. The molecule has 4 heteroatoms. The van der Waals surface area contributed by atoms with Crippen molar-refractivity contribution in [2.24, 2.45) is 0 Å². The predicted octanol–water partition coefficient (Wildman–Crippen LogP) is 1.52. The van der Waals surface area contributed by atoms with Crippen molar-refractivity contribution in [3.63, 3.8) is 0 Å². The fourth-order valence-electron chi connectivity index (χ4n) is 1.86. The van der Waals surface area contributed by atoms with Crippen LogP contribution in [-0.4, -0.2) is 33.0 Å². The minimum Gasteiger partial charge on any atom is -0.355 e. The van der Waals surface area contributed by atoms with Crippen molar-refractivity contribution in [3.8, 4) is 0 Å². The van der Waals surface area contributed by atoms with Gasteiger partial charge in [0.15, 0.2) is 0 Å². The van der Waals surface area contributed by atoms with E-state index in [1.807, 2.05) is 18.0 Å². The van der Waals surface area contributed by atoms with Crippen LogP contribution in [0, 0.1) is 12.7 Å². The summed E-state index contributed by atoms with van der Waals surface area (Å²) in [7, 11) is 1.90. The van der Waals surface area contributed by atoms with Crippen molar-refractivity contribution in [1.82, 2.24) is 5.32 Å². The molecule has 3 nitrogen and oxygen atoms in total. The number of aryl methyl sites for hydroxylation is 1. The molecule has 0 spiro atoms. The first-order chi connectivity index (χ1) is 7.70. The highest BCUT2D eigenvalue weighted by molar-refractivity contribution is 5.48. The van der Waals surface area contributed by atoms with Crippen LogP contribution in [-0.2, 0) is 4.74 Å². The van der Waals surface area contributed by atoms with Crippen LogP contribution in [0.5, 0.6) is 0 Å². The molecule has 1 atom stereocenters. The van der Waals surface area contributed by atoms with E-state index >= 15 is 0 Å². The Labute approximate surface area is 95.2 Å². The Morgan fingerprint density at radius 3 is 3.06 bits per heavy atom. The smallest absolute Gasteiger partial charge is 0.128 e. The fourth-order valence-corrected chi connectivity index (χ4v) is 1.86. The second-order valence-electron chi connectivity index (χ2n) is 4.13. The van der Waals surface area contributed by atoms with Crippen molar-refractivity contribution in [1.29, 1.82) is 0 Å². The quantitative estimate of drug-likeness (QED) is 0.842. The normalized spacial score (nSPS) is 20.4. The number of likely N-dealkylation sites (N-methyl/N-ethyl adjacent to an activating group) is 1. The van der Waals surface area contributed by atoms with E-state index < -0.39 is 0 Å². The van der Waals surface area contributed by atoms with Gasteiger partial charge in [-0.2, -0.15) is 0 Å². The lowest BCUT2D eigenvalue weighted by Gasteiger charge is -2.16. The number of nitrogens with zero attached hydrogens (tertiary/aromatic N) is 1. The van der Waals surface area contributed by atoms with Gasteiger partial charge in [0.05, 0.1) is 6.10 Å². The van der Waals surface area contributed by atoms with Crippen molar-refractivity contribution >= 4 is 5.69 Å². The molecule has 1 aliphatic heterocycles. The predicted molar refractivity (Wildman–Crippen MR) is 62.1 cm³/mol. The first-order valence-electron chi connectivity index (χ1n) is 5.48. The van der Waals surface area contributed by atoms with Crippen LogP contribution in [0.2, 0.25) is 0 Å². The first-order valence-corrected chi connectivity index (χ1v) is 5.48. The van der Waals surface area contributed by atoms with Gasteiger partial charge >= 0.3 is 0 Å². The van der Waals surface area contributed by atoms with Crippen LogP contribution in [0.15, 0.2) is 18.2 Å². The molecular formula is C12H17FN2O. The average Bonchev–Trinajstić information content (AvgIpc) is 2.71. The molecule has 1 aromatic rings. The molecule has 0 unspecified atom stereocenters. The zero-order valence-electron chi connectivity index (χ0n) is 9.66. The summed E-state index contributed by atoms with van der Waals surface area (Å²) in [6, 6.07) is 5.31. The molecule has 0 saturated carbocycles. The zero-order valence-corrected chi connectivity index (χ0v) is 9.66. The molecule has 0 bridgehead atoms. The highest BCUT2D eigenvalue weighted by Crippen LogP contribution is 2.21. The summed E-state index contributed by atoms with van der Waals surface area (Å²) in [5.41, 5.74) is 1.57. The minimum atomic E-state index is -0.158. The van der Waals surface area contributed by atoms with Crippen molar-refractivity contribution in [2.75, 3.05) is 31.8 Å². The number of ether oxygens (including phenoxy) is 1. The van der Waals surface area contributed by atoms with Crippen LogP contribution in [0.4, 0.5) is 10.1 Å². The summed E-state index contributed by atoms with van der Waals surface area (Å²) in [5.74, 6) is -0.158. The monoisotopic (exact) mass is 224 g/mol.